The molecule has 1 heterocycles. The van der Waals surface area contributed by atoms with Crippen molar-refractivity contribution in [1.82, 2.24) is 9.55 Å². The van der Waals surface area contributed by atoms with E-state index in [0.717, 1.165) is 0 Å². The number of aromatic nitrogens is 2. The molecule has 28 heavy (non-hydrogen) atoms. The van der Waals surface area contributed by atoms with Crippen molar-refractivity contribution in [2.24, 2.45) is 0 Å². The van der Waals surface area contributed by atoms with Crippen LogP contribution in [0.15, 0.2) is 47.3 Å². The van der Waals surface area contributed by atoms with E-state index in [1.807, 2.05) is 0 Å². The van der Waals surface area contributed by atoms with Gasteiger partial charge in [0.05, 0.1) is 24.1 Å². The Labute approximate surface area is 189 Å². The Balaban J connectivity index is 0.000000307. The second-order valence-corrected chi connectivity index (χ2v) is 5.98. The molecule has 3 aromatic rings. The standard InChI is InChI=1S/C12H14N3O2.C8H8NO.Y/c1-8-14-11-4-3-9(13)7-10(11)12(16)15(8)5-6-17-2;1-6(10)7-3-2-4-8(9)5-7;/h3-4,7,13H,5-6H2,1-2H3;2-5,9H,1H3;/q2*-1;. The molecule has 0 aliphatic rings. The van der Waals surface area contributed by atoms with Gasteiger partial charge in [0.1, 0.15) is 5.82 Å². The molecule has 7 nitrogen and oxygen atoms in total. The maximum Gasteiger partial charge on any atom is 0.261 e. The van der Waals surface area contributed by atoms with Crippen molar-refractivity contribution in [3.63, 3.8) is 0 Å². The Kier molecular flexibility index (Phi) is 9.45. The van der Waals surface area contributed by atoms with Crippen LogP contribution in [0.2, 0.25) is 0 Å². The van der Waals surface area contributed by atoms with Crippen LogP contribution in [-0.2, 0) is 44.0 Å². The summed E-state index contributed by atoms with van der Waals surface area (Å²) in [6.45, 7) is 4.24. The van der Waals surface area contributed by atoms with Crippen molar-refractivity contribution in [2.75, 3.05) is 13.7 Å². The van der Waals surface area contributed by atoms with Gasteiger partial charge in [-0.2, -0.15) is 0 Å². The Morgan fingerprint density at radius 3 is 2.39 bits per heavy atom. The number of fused-ring (bicyclic) bond motifs is 1. The van der Waals surface area contributed by atoms with Crippen molar-refractivity contribution in [3.05, 3.63) is 75.7 Å². The number of nitrogens with one attached hydrogen (secondary N) is 2. The summed E-state index contributed by atoms with van der Waals surface area (Å²) in [5.74, 6) is 0.673. The van der Waals surface area contributed by atoms with Gasteiger partial charge in [0.25, 0.3) is 5.56 Å². The molecule has 0 saturated carbocycles. The van der Waals surface area contributed by atoms with E-state index in [0.29, 0.717) is 46.8 Å². The van der Waals surface area contributed by atoms with Gasteiger partial charge in [-0.3, -0.25) is 14.2 Å². The van der Waals surface area contributed by atoms with Crippen LogP contribution in [0, 0.1) is 6.92 Å². The van der Waals surface area contributed by atoms with Crippen LogP contribution in [-0.4, -0.2) is 29.1 Å². The molecule has 0 unspecified atom stereocenters. The van der Waals surface area contributed by atoms with Gasteiger partial charge in [-0.15, -0.1) is 11.4 Å². The summed E-state index contributed by atoms with van der Waals surface area (Å²) >= 11 is 0. The van der Waals surface area contributed by atoms with Gasteiger partial charge >= 0.3 is 0 Å². The number of hydrogen-bond donors (Lipinski definition) is 0. The number of rotatable bonds is 4. The third-order valence-electron chi connectivity index (χ3n) is 3.93. The van der Waals surface area contributed by atoms with Crippen molar-refractivity contribution >= 4 is 28.1 Å². The van der Waals surface area contributed by atoms with Crippen LogP contribution >= 0.6 is 0 Å². The van der Waals surface area contributed by atoms with Crippen LogP contribution in [0.25, 0.3) is 22.4 Å². The third kappa shape index (κ3) is 6.22. The van der Waals surface area contributed by atoms with Crippen LogP contribution in [0.3, 0.4) is 0 Å². The first-order valence-corrected chi connectivity index (χ1v) is 8.38. The summed E-state index contributed by atoms with van der Waals surface area (Å²) in [6.07, 6.45) is 0. The molecule has 1 radical (unpaired) electrons. The van der Waals surface area contributed by atoms with Crippen LogP contribution in [0.5, 0.6) is 0 Å². The normalized spacial score (nSPS) is 9.96. The minimum atomic E-state index is -0.112. The number of methoxy groups -OCH3 is 1. The fourth-order valence-electron chi connectivity index (χ4n) is 2.52. The summed E-state index contributed by atoms with van der Waals surface area (Å²) in [6, 6.07) is 11.5. The Hall–Kier alpha value is -2.09. The molecule has 0 fully saturated rings. The molecule has 0 aliphatic heterocycles. The maximum absolute atomic E-state index is 12.2. The number of ketones is 1. The molecule has 0 saturated heterocycles. The molecule has 0 atom stereocenters. The Morgan fingerprint density at radius 2 is 1.82 bits per heavy atom. The zero-order valence-corrected chi connectivity index (χ0v) is 19.0. The van der Waals surface area contributed by atoms with Crippen LogP contribution < -0.4 is 5.56 Å². The van der Waals surface area contributed by atoms with Gasteiger partial charge in [0.15, 0.2) is 5.78 Å². The van der Waals surface area contributed by atoms with E-state index in [1.54, 1.807) is 61.1 Å². The topological polar surface area (TPSA) is 109 Å². The first-order valence-electron chi connectivity index (χ1n) is 8.38. The number of aryl methyl sites for hydroxylation is 1. The third-order valence-corrected chi connectivity index (χ3v) is 3.93. The molecule has 2 aromatic carbocycles. The van der Waals surface area contributed by atoms with E-state index >= 15 is 0 Å². The summed E-state index contributed by atoms with van der Waals surface area (Å²) in [5, 5.41) is 0.485. The van der Waals surface area contributed by atoms with E-state index in [2.05, 4.69) is 4.98 Å². The van der Waals surface area contributed by atoms with Gasteiger partial charge in [0.2, 0.25) is 0 Å². The number of nitrogens with zero attached hydrogens (tertiary/aromatic N) is 2. The SMILES string of the molecule is CC(=O)c1cccc([NH-])c1.COCCn1c(C)nc2ccc([NH-])cc2c1=O.[Y]. The molecular weight excluding hydrogens is 433 g/mol. The summed E-state index contributed by atoms with van der Waals surface area (Å²) in [4.78, 5) is 27.3. The van der Waals surface area contributed by atoms with Crippen molar-refractivity contribution in [3.8, 4) is 0 Å². The molecule has 1 aromatic heterocycles. The Morgan fingerprint density at radius 1 is 1.14 bits per heavy atom. The van der Waals surface area contributed by atoms with E-state index in [1.165, 1.54) is 6.92 Å². The van der Waals surface area contributed by atoms with Crippen molar-refractivity contribution in [2.45, 2.75) is 20.4 Å². The number of hydrogen-bond acceptors (Lipinski definition) is 4. The molecule has 8 heteroatoms. The summed E-state index contributed by atoms with van der Waals surface area (Å²) in [7, 11) is 1.59. The van der Waals surface area contributed by atoms with Crippen LogP contribution in [0.4, 0.5) is 11.4 Å². The number of ether oxygens (including phenoxy) is 1. The quantitative estimate of drug-likeness (QED) is 0.536. The zero-order chi connectivity index (χ0) is 20.0. The van der Waals surface area contributed by atoms with Gasteiger partial charge in [-0.05, 0) is 19.9 Å². The van der Waals surface area contributed by atoms with Gasteiger partial charge in [-0.1, -0.05) is 36.4 Å². The average molecular weight is 455 g/mol. The largest absolute Gasteiger partial charge is 0.699 e. The summed E-state index contributed by atoms with van der Waals surface area (Å²) < 4.78 is 6.54. The molecule has 2 N–H and O–H groups in total. The number of Topliss-reactive ketones (excluding diaryl/α,β-unsaturated/α-hetero) is 1. The number of benzene rings is 2. The van der Waals surface area contributed by atoms with Gasteiger partial charge in [0, 0.05) is 45.4 Å². The molecule has 3 rings (SSSR count). The smallest absolute Gasteiger partial charge is 0.261 e. The van der Waals surface area contributed by atoms with E-state index < -0.39 is 0 Å². The second kappa shape index (κ2) is 11.0. The zero-order valence-electron chi connectivity index (χ0n) is 16.2. The predicted molar refractivity (Wildman–Crippen MR) is 107 cm³/mol. The summed E-state index contributed by atoms with van der Waals surface area (Å²) in [5.41, 5.74) is 16.5. The van der Waals surface area contributed by atoms with E-state index in [9.17, 15) is 9.59 Å². The first-order chi connectivity index (χ1) is 12.8. The fourth-order valence-corrected chi connectivity index (χ4v) is 2.52. The average Bonchev–Trinajstić information content (AvgIpc) is 2.63. The molecule has 0 amide bonds. The minimum Gasteiger partial charge on any atom is -0.699 e. The number of carbonyl (C=O) groups excluding carboxylic acids is 1. The fraction of sp³-hybridized carbons (Fsp3) is 0.250. The molecule has 0 spiro atoms. The molecule has 145 valence electrons. The first kappa shape index (κ1) is 24.0. The second-order valence-electron chi connectivity index (χ2n) is 5.98. The molecule has 0 aliphatic carbocycles. The number of carbonyl (C=O) groups is 1. The van der Waals surface area contributed by atoms with Crippen molar-refractivity contribution < 1.29 is 42.2 Å². The van der Waals surface area contributed by atoms with Crippen LogP contribution in [0.1, 0.15) is 23.1 Å². The predicted octanol–water partition coefficient (Wildman–Crippen LogP) is 4.61. The van der Waals surface area contributed by atoms with Crippen molar-refractivity contribution in [1.29, 1.82) is 0 Å². The van der Waals surface area contributed by atoms with E-state index in [-0.39, 0.29) is 44.1 Å². The maximum atomic E-state index is 12.2. The molecular formula is C20H22N4O3Y-2. The van der Waals surface area contributed by atoms with Gasteiger partial charge < -0.3 is 16.2 Å². The minimum absolute atomic E-state index is 0. The van der Waals surface area contributed by atoms with E-state index in [4.69, 9.17) is 16.2 Å². The molecule has 0 bridgehead atoms. The van der Waals surface area contributed by atoms with Gasteiger partial charge in [-0.25, -0.2) is 4.98 Å². The Bertz CT molecular complexity index is 1020. The monoisotopic (exact) mass is 455 g/mol.